The van der Waals surface area contributed by atoms with Crippen molar-refractivity contribution in [3.63, 3.8) is 0 Å². The number of rotatable bonds is 0. The summed E-state index contributed by atoms with van der Waals surface area (Å²) >= 11 is 4.21. The zero-order chi connectivity index (χ0) is 23.9. The standard InChI is InChI=1S/C16H2Br2F12S/c17-9-5(13(19,20)21)1-3-4-2-6(14(22,23)24)10(18)8(16(28,29)30)12(4)31-11(3)7(9)15(25,26)27/h1-2H. The Morgan fingerprint density at radius 1 is 0.516 bits per heavy atom. The van der Waals surface area contributed by atoms with Crippen LogP contribution in [0.1, 0.15) is 22.3 Å². The first-order valence-electron chi connectivity index (χ1n) is 7.46. The molecule has 1 aromatic heterocycles. The monoisotopic (exact) mass is 612 g/mol. The number of fused-ring (bicyclic) bond motifs is 3. The van der Waals surface area contributed by atoms with E-state index in [9.17, 15) is 52.7 Å². The number of halogens is 14. The highest BCUT2D eigenvalue weighted by atomic mass is 79.9. The maximum absolute atomic E-state index is 13.6. The van der Waals surface area contributed by atoms with E-state index in [-0.39, 0.29) is 23.5 Å². The number of hydrogen-bond acceptors (Lipinski definition) is 1. The van der Waals surface area contributed by atoms with Gasteiger partial charge in [-0.1, -0.05) is 0 Å². The van der Waals surface area contributed by atoms with Gasteiger partial charge in [0.15, 0.2) is 0 Å². The Balaban J connectivity index is 2.69. The van der Waals surface area contributed by atoms with Gasteiger partial charge in [0.1, 0.15) is 0 Å². The molecule has 0 saturated carbocycles. The maximum atomic E-state index is 13.6. The summed E-state index contributed by atoms with van der Waals surface area (Å²) in [5.41, 5.74) is -7.65. The molecule has 3 aromatic rings. The molecule has 0 unspecified atom stereocenters. The van der Waals surface area contributed by atoms with Gasteiger partial charge in [0, 0.05) is 29.1 Å². The number of thiophene rings is 1. The van der Waals surface area contributed by atoms with Gasteiger partial charge in [-0.25, -0.2) is 0 Å². The predicted octanol–water partition coefficient (Wildman–Crippen LogP) is 9.65. The third kappa shape index (κ3) is 4.12. The van der Waals surface area contributed by atoms with Crippen LogP contribution in [0.15, 0.2) is 21.1 Å². The molecule has 3 rings (SSSR count). The second-order valence-corrected chi connectivity index (χ2v) is 8.68. The van der Waals surface area contributed by atoms with Crippen molar-refractivity contribution < 1.29 is 52.7 Å². The summed E-state index contributed by atoms with van der Waals surface area (Å²) in [5, 5.41) is -2.07. The zero-order valence-electron chi connectivity index (χ0n) is 13.9. The first-order valence-corrected chi connectivity index (χ1v) is 9.86. The Kier molecular flexibility index (Phi) is 5.62. The highest BCUT2D eigenvalue weighted by Gasteiger charge is 2.46. The van der Waals surface area contributed by atoms with E-state index in [2.05, 4.69) is 31.9 Å². The molecule has 0 atom stereocenters. The molecule has 0 spiro atoms. The minimum absolute atomic E-state index is 0.0989. The van der Waals surface area contributed by atoms with Crippen LogP contribution in [0.3, 0.4) is 0 Å². The third-order valence-electron chi connectivity index (χ3n) is 4.10. The normalized spacial score (nSPS) is 14.1. The SMILES string of the molecule is FC(F)(F)c1cc2c(sc3c(C(F)(F)F)c(Br)c(C(F)(F)F)cc32)c(C(F)(F)F)c1Br. The van der Waals surface area contributed by atoms with E-state index in [0.29, 0.717) is 0 Å². The van der Waals surface area contributed by atoms with Crippen LogP contribution < -0.4 is 0 Å². The van der Waals surface area contributed by atoms with Crippen LogP contribution in [0.5, 0.6) is 0 Å². The van der Waals surface area contributed by atoms with Crippen LogP contribution in [0.4, 0.5) is 52.7 Å². The minimum atomic E-state index is -5.46. The molecule has 0 radical (unpaired) electrons. The Bertz CT molecular complexity index is 1100. The van der Waals surface area contributed by atoms with Crippen LogP contribution in [0.2, 0.25) is 0 Å². The van der Waals surface area contributed by atoms with E-state index in [0.717, 1.165) is 0 Å². The number of alkyl halides is 12. The van der Waals surface area contributed by atoms with E-state index in [1.807, 2.05) is 0 Å². The first kappa shape index (κ1) is 24.4. The molecule has 0 bridgehead atoms. The lowest BCUT2D eigenvalue weighted by Gasteiger charge is -2.17. The summed E-state index contributed by atoms with van der Waals surface area (Å²) in [6, 6.07) is 0.198. The topological polar surface area (TPSA) is 0 Å². The highest BCUT2D eigenvalue weighted by molar-refractivity contribution is 9.11. The van der Waals surface area contributed by atoms with Crippen molar-refractivity contribution in [2.24, 2.45) is 0 Å². The van der Waals surface area contributed by atoms with E-state index in [4.69, 9.17) is 0 Å². The molecule has 0 aliphatic heterocycles. The summed E-state index contributed by atoms with van der Waals surface area (Å²) in [7, 11) is 0. The Morgan fingerprint density at radius 2 is 0.806 bits per heavy atom. The molecular formula is C16H2Br2F12S. The molecule has 170 valence electrons. The molecule has 15 heteroatoms. The lowest BCUT2D eigenvalue weighted by Crippen LogP contribution is -2.13. The fourth-order valence-corrected chi connectivity index (χ4v) is 6.11. The summed E-state index contributed by atoms with van der Waals surface area (Å²) in [4.78, 5) is 0. The van der Waals surface area contributed by atoms with E-state index in [1.54, 1.807) is 0 Å². The molecule has 31 heavy (non-hydrogen) atoms. The van der Waals surface area contributed by atoms with Gasteiger partial charge in [0.05, 0.1) is 22.3 Å². The molecular weight excluding hydrogens is 612 g/mol. The first-order chi connectivity index (χ1) is 13.8. The van der Waals surface area contributed by atoms with Crippen molar-refractivity contribution in [3.05, 3.63) is 43.3 Å². The summed E-state index contributed by atoms with van der Waals surface area (Å²) < 4.78 is 156. The highest BCUT2D eigenvalue weighted by Crippen LogP contribution is 2.54. The second-order valence-electron chi connectivity index (χ2n) is 6.07. The van der Waals surface area contributed by atoms with Crippen molar-refractivity contribution in [1.29, 1.82) is 0 Å². The lowest BCUT2D eigenvalue weighted by molar-refractivity contribution is -0.144. The zero-order valence-corrected chi connectivity index (χ0v) is 17.8. The summed E-state index contributed by atoms with van der Waals surface area (Å²) in [6.45, 7) is 0. The second kappa shape index (κ2) is 7.14. The minimum Gasteiger partial charge on any atom is -0.166 e. The van der Waals surface area contributed by atoms with Crippen LogP contribution in [-0.4, -0.2) is 0 Å². The molecule has 0 amide bonds. The van der Waals surface area contributed by atoms with Crippen LogP contribution in [0, 0.1) is 0 Å². The molecule has 1 heterocycles. The van der Waals surface area contributed by atoms with Gasteiger partial charge in [-0.15, -0.1) is 11.3 Å². The van der Waals surface area contributed by atoms with Crippen molar-refractivity contribution in [1.82, 2.24) is 0 Å². The predicted molar refractivity (Wildman–Crippen MR) is 94.7 cm³/mol. The Morgan fingerprint density at radius 3 is 1.03 bits per heavy atom. The average Bonchev–Trinajstić information content (AvgIpc) is 2.85. The molecule has 0 fully saturated rings. The van der Waals surface area contributed by atoms with Crippen molar-refractivity contribution in [2.75, 3.05) is 0 Å². The molecule has 2 aromatic carbocycles. The number of hydrogen-bond donors (Lipinski definition) is 0. The molecule has 0 aliphatic rings. The molecule has 0 aliphatic carbocycles. The van der Waals surface area contributed by atoms with Gasteiger partial charge >= 0.3 is 24.7 Å². The van der Waals surface area contributed by atoms with E-state index < -0.39 is 76.1 Å². The fourth-order valence-electron chi connectivity index (χ4n) is 2.92. The summed E-state index contributed by atoms with van der Waals surface area (Å²) in [6.07, 6.45) is -21.7. The molecule has 0 nitrogen and oxygen atoms in total. The number of benzene rings is 2. The maximum Gasteiger partial charge on any atom is 0.418 e. The van der Waals surface area contributed by atoms with Gasteiger partial charge in [-0.2, -0.15) is 52.7 Å². The van der Waals surface area contributed by atoms with Crippen molar-refractivity contribution in [2.45, 2.75) is 24.7 Å². The van der Waals surface area contributed by atoms with Gasteiger partial charge in [0.25, 0.3) is 0 Å². The third-order valence-corrected chi connectivity index (χ3v) is 7.01. The largest absolute Gasteiger partial charge is 0.418 e. The molecule has 0 N–H and O–H groups in total. The molecule has 0 saturated heterocycles. The van der Waals surface area contributed by atoms with Crippen molar-refractivity contribution in [3.8, 4) is 0 Å². The van der Waals surface area contributed by atoms with E-state index in [1.165, 1.54) is 0 Å². The smallest absolute Gasteiger partial charge is 0.166 e. The quantitative estimate of drug-likeness (QED) is 0.222. The average molecular weight is 614 g/mol. The summed E-state index contributed by atoms with van der Waals surface area (Å²) in [5.74, 6) is 0. The Labute approximate surface area is 184 Å². The van der Waals surface area contributed by atoms with Crippen LogP contribution >= 0.6 is 43.2 Å². The van der Waals surface area contributed by atoms with Crippen LogP contribution in [0.25, 0.3) is 20.2 Å². The Hall–Kier alpha value is -1.22. The fraction of sp³-hybridized carbons (Fsp3) is 0.250. The lowest BCUT2D eigenvalue weighted by atomic mass is 10.0. The van der Waals surface area contributed by atoms with Crippen LogP contribution in [-0.2, 0) is 24.7 Å². The van der Waals surface area contributed by atoms with Gasteiger partial charge in [-0.05, 0) is 44.0 Å². The van der Waals surface area contributed by atoms with Crippen molar-refractivity contribution >= 4 is 63.4 Å². The van der Waals surface area contributed by atoms with Gasteiger partial charge in [0.2, 0.25) is 0 Å². The van der Waals surface area contributed by atoms with Gasteiger partial charge < -0.3 is 0 Å². The van der Waals surface area contributed by atoms with E-state index >= 15 is 0 Å². The van der Waals surface area contributed by atoms with Gasteiger partial charge in [-0.3, -0.25) is 0 Å².